The third kappa shape index (κ3) is 5.85. The summed E-state index contributed by atoms with van der Waals surface area (Å²) in [6.45, 7) is 3.10. The molecule has 0 aliphatic carbocycles. The molecule has 1 atom stereocenters. The van der Waals surface area contributed by atoms with E-state index in [1.165, 1.54) is 24.3 Å². The molecule has 0 saturated carbocycles. The molecule has 13 heteroatoms. The zero-order chi connectivity index (χ0) is 28.0. The van der Waals surface area contributed by atoms with Crippen LogP contribution in [0.1, 0.15) is 16.8 Å². The first-order chi connectivity index (χ1) is 18.1. The van der Waals surface area contributed by atoms with Gasteiger partial charge in [-0.2, -0.15) is 0 Å². The second-order valence-corrected chi connectivity index (χ2v) is 11.0. The summed E-state index contributed by atoms with van der Waals surface area (Å²) < 4.78 is 52.4. The molecule has 0 aliphatic rings. The molecule has 0 saturated heterocycles. The summed E-state index contributed by atoms with van der Waals surface area (Å²) >= 11 is 0. The topological polar surface area (TPSA) is 158 Å². The number of aliphatic carboxylic acids is 1. The molecule has 0 radical (unpaired) electrons. The van der Waals surface area contributed by atoms with Crippen molar-refractivity contribution in [3.63, 3.8) is 0 Å². The number of methoxy groups -OCH3 is 1. The Morgan fingerprint density at radius 2 is 1.74 bits per heavy atom. The first kappa shape index (κ1) is 28.8. The van der Waals surface area contributed by atoms with Crippen LogP contribution in [0, 0.1) is 13.8 Å². The van der Waals surface area contributed by atoms with Gasteiger partial charge in [-0.3, -0.25) is 9.19 Å². The summed E-state index contributed by atoms with van der Waals surface area (Å²) in [7, 11) is -3.56. The normalized spacial score (nSPS) is 11.9. The number of carboxylic acids is 1. The molecule has 0 aliphatic heterocycles. The second-order valence-electron chi connectivity index (χ2n) is 7.84. The first-order valence-corrected chi connectivity index (χ1v) is 13.9. The van der Waals surface area contributed by atoms with E-state index >= 15 is 0 Å². The maximum absolute atomic E-state index is 13.7. The molecule has 2 N–H and O–H groups in total. The minimum Gasteiger partial charge on any atom is -0.496 e. The fourth-order valence-corrected chi connectivity index (χ4v) is 6.77. The largest absolute Gasteiger partial charge is 0.496 e. The smallest absolute Gasteiger partial charge is 0.341 e. The Hall–Kier alpha value is -3.81. The van der Waals surface area contributed by atoms with E-state index in [-0.39, 0.29) is 27.1 Å². The third-order valence-corrected chi connectivity index (χ3v) is 8.49. The molecule has 202 valence electrons. The van der Waals surface area contributed by atoms with Crippen molar-refractivity contribution in [2.75, 3.05) is 20.8 Å². The molecular formula is C25H27N3O8S2. The number of ether oxygens (including phenoxy) is 2. The number of imidazole rings is 1. The van der Waals surface area contributed by atoms with E-state index in [2.05, 4.69) is 9.97 Å². The van der Waals surface area contributed by atoms with Crippen LogP contribution in [0.2, 0.25) is 0 Å². The lowest BCUT2D eigenvalue weighted by Gasteiger charge is -2.13. The van der Waals surface area contributed by atoms with Crippen molar-refractivity contribution in [1.82, 2.24) is 13.9 Å². The van der Waals surface area contributed by atoms with E-state index in [0.717, 1.165) is 16.6 Å². The van der Waals surface area contributed by atoms with Crippen molar-refractivity contribution in [2.24, 2.45) is 0 Å². The van der Waals surface area contributed by atoms with Gasteiger partial charge < -0.3 is 19.7 Å². The molecule has 11 nitrogen and oxygen atoms in total. The number of hydrogen-bond donors (Lipinski definition) is 2. The van der Waals surface area contributed by atoms with Crippen molar-refractivity contribution in [1.29, 1.82) is 0 Å². The van der Waals surface area contributed by atoms with E-state index in [1.807, 2.05) is 6.92 Å². The van der Waals surface area contributed by atoms with Crippen molar-refractivity contribution in [3.8, 4) is 11.5 Å². The van der Waals surface area contributed by atoms with Gasteiger partial charge in [0.25, 0.3) is 10.0 Å². The van der Waals surface area contributed by atoms with Gasteiger partial charge in [0.15, 0.2) is 6.61 Å². The number of aliphatic hydroxyl groups is 1. The summed E-state index contributed by atoms with van der Waals surface area (Å²) in [5, 5.41) is 15.6. The number of aromatic nitrogens is 3. The van der Waals surface area contributed by atoms with E-state index in [4.69, 9.17) is 19.7 Å². The molecule has 0 amide bonds. The molecular weight excluding hydrogens is 534 g/mol. The number of aliphatic hydroxyl groups excluding tert-OH is 1. The highest BCUT2D eigenvalue weighted by Gasteiger charge is 2.28. The minimum atomic E-state index is -4.22. The number of benzene rings is 2. The molecule has 4 aromatic rings. The van der Waals surface area contributed by atoms with E-state index in [1.54, 1.807) is 44.5 Å². The molecule has 0 spiro atoms. The van der Waals surface area contributed by atoms with Gasteiger partial charge in [-0.05, 0) is 50.2 Å². The number of nitrogens with zero attached hydrogens (tertiary/aromatic N) is 3. The van der Waals surface area contributed by atoms with Gasteiger partial charge in [0.05, 0.1) is 45.3 Å². The van der Waals surface area contributed by atoms with Gasteiger partial charge in [0.2, 0.25) is 5.16 Å². The fraction of sp³-hybridized carbons (Fsp3) is 0.240. The van der Waals surface area contributed by atoms with Crippen LogP contribution in [0.3, 0.4) is 0 Å². The third-order valence-electron chi connectivity index (χ3n) is 5.44. The van der Waals surface area contributed by atoms with Crippen LogP contribution in [-0.4, -0.2) is 63.6 Å². The van der Waals surface area contributed by atoms with Crippen LogP contribution in [0.15, 0.2) is 64.8 Å². The zero-order valence-corrected chi connectivity index (χ0v) is 22.7. The number of para-hydroxylation sites is 2. The van der Waals surface area contributed by atoms with Gasteiger partial charge in [-0.15, -0.1) is 0 Å². The highest BCUT2D eigenvalue weighted by molar-refractivity contribution is 7.91. The zero-order valence-electron chi connectivity index (χ0n) is 21.1. The lowest BCUT2D eigenvalue weighted by molar-refractivity contribution is -0.139. The average molecular weight is 562 g/mol. The molecule has 4 rings (SSSR count). The molecule has 2 heterocycles. The lowest BCUT2D eigenvalue weighted by Crippen LogP contribution is -2.18. The van der Waals surface area contributed by atoms with Crippen molar-refractivity contribution < 1.29 is 37.1 Å². The molecule has 2 aromatic carbocycles. The quantitative estimate of drug-likeness (QED) is 0.311. The average Bonchev–Trinajstić information content (AvgIpc) is 3.31. The Bertz CT molecular complexity index is 1580. The van der Waals surface area contributed by atoms with Gasteiger partial charge in [0, 0.05) is 24.4 Å². The number of pyridine rings is 1. The standard InChI is InChI=1S/C24H23N3O7S2.CH4O/c1-15-12-25-20(16(2)23(15)33-3)14-35(30)24-26-19-6-4-5-7-21(19)27(24)36(31,32)18-10-8-17(9-11-18)34-13-22(28)29;1-2/h4-12H,13-14H2,1-3H3,(H,28,29);2H,1H3. The van der Waals surface area contributed by atoms with Gasteiger partial charge in [0.1, 0.15) is 11.5 Å². The number of fused-ring (bicyclic) bond motifs is 1. The predicted octanol–water partition coefficient (Wildman–Crippen LogP) is 2.67. The second kappa shape index (κ2) is 12.2. The van der Waals surface area contributed by atoms with E-state index in [9.17, 15) is 17.4 Å². The number of carboxylic acid groups (broad SMARTS) is 1. The predicted molar refractivity (Wildman–Crippen MR) is 140 cm³/mol. The van der Waals surface area contributed by atoms with Crippen LogP contribution >= 0.6 is 0 Å². The lowest BCUT2D eigenvalue weighted by atomic mass is 10.1. The Morgan fingerprint density at radius 3 is 2.37 bits per heavy atom. The number of aryl methyl sites for hydroxylation is 1. The van der Waals surface area contributed by atoms with Crippen molar-refractivity contribution in [2.45, 2.75) is 29.7 Å². The summed E-state index contributed by atoms with van der Waals surface area (Å²) in [6.07, 6.45) is 1.62. The Morgan fingerprint density at radius 1 is 1.08 bits per heavy atom. The maximum atomic E-state index is 13.7. The monoisotopic (exact) mass is 561 g/mol. The maximum Gasteiger partial charge on any atom is 0.341 e. The molecule has 0 fully saturated rings. The molecule has 38 heavy (non-hydrogen) atoms. The van der Waals surface area contributed by atoms with E-state index in [0.29, 0.717) is 22.5 Å². The Balaban J connectivity index is 0.00000195. The first-order valence-electron chi connectivity index (χ1n) is 11.1. The summed E-state index contributed by atoms with van der Waals surface area (Å²) in [6, 6.07) is 11.9. The van der Waals surface area contributed by atoms with Gasteiger partial charge in [-0.1, -0.05) is 12.1 Å². The SMILES string of the molecule is CO.COc1c(C)cnc(CS(=O)c2nc3ccccc3n2S(=O)(=O)c2ccc(OCC(=O)O)cc2)c1C. The number of rotatable bonds is 9. The number of carbonyl (C=O) groups is 1. The minimum absolute atomic E-state index is 0.0662. The highest BCUT2D eigenvalue weighted by Crippen LogP contribution is 2.29. The van der Waals surface area contributed by atoms with Crippen LogP contribution in [-0.2, 0) is 31.4 Å². The van der Waals surface area contributed by atoms with Crippen LogP contribution in [0.5, 0.6) is 11.5 Å². The summed E-state index contributed by atoms with van der Waals surface area (Å²) in [5.41, 5.74) is 2.70. The number of hydrogen-bond acceptors (Lipinski definition) is 9. The molecule has 2 aromatic heterocycles. The van der Waals surface area contributed by atoms with Crippen molar-refractivity contribution in [3.05, 3.63) is 71.5 Å². The highest BCUT2D eigenvalue weighted by atomic mass is 32.2. The Kier molecular flexibility index (Phi) is 9.20. The summed E-state index contributed by atoms with van der Waals surface area (Å²) in [5.74, 6) is -0.392. The Labute approximate surface area is 222 Å². The molecule has 0 bridgehead atoms. The molecule has 1 unspecified atom stereocenters. The van der Waals surface area contributed by atoms with Crippen molar-refractivity contribution >= 4 is 37.8 Å². The summed E-state index contributed by atoms with van der Waals surface area (Å²) in [4.78, 5) is 19.4. The van der Waals surface area contributed by atoms with Gasteiger partial charge in [-0.25, -0.2) is 22.2 Å². The fourth-order valence-electron chi connectivity index (χ4n) is 3.72. The van der Waals surface area contributed by atoms with Crippen LogP contribution < -0.4 is 9.47 Å². The van der Waals surface area contributed by atoms with E-state index < -0.39 is 33.4 Å². The van der Waals surface area contributed by atoms with Gasteiger partial charge >= 0.3 is 5.97 Å². The van der Waals surface area contributed by atoms with Crippen LogP contribution in [0.4, 0.5) is 0 Å². The van der Waals surface area contributed by atoms with Crippen LogP contribution in [0.25, 0.3) is 11.0 Å².